The zero-order valence-corrected chi connectivity index (χ0v) is 21.9. The largest absolute Gasteiger partial charge is 0.299 e. The van der Waals surface area contributed by atoms with Crippen molar-refractivity contribution in [2.75, 3.05) is 0 Å². The summed E-state index contributed by atoms with van der Waals surface area (Å²) < 4.78 is 0. The first-order chi connectivity index (χ1) is 14.7. The molecule has 0 unspecified atom stereocenters. The van der Waals surface area contributed by atoms with Gasteiger partial charge in [-0.1, -0.05) is 61.0 Å². The van der Waals surface area contributed by atoms with Crippen molar-refractivity contribution < 1.29 is 9.59 Å². The third-order valence-corrected chi connectivity index (χ3v) is 12.9. The van der Waals surface area contributed by atoms with Gasteiger partial charge in [-0.2, -0.15) is 0 Å². The van der Waals surface area contributed by atoms with E-state index in [0.717, 1.165) is 25.2 Å². The average Bonchev–Trinajstić information content (AvgIpc) is 2.70. The Bertz CT molecular complexity index is 897. The van der Waals surface area contributed by atoms with Crippen LogP contribution in [0.2, 0.25) is 0 Å². The summed E-state index contributed by atoms with van der Waals surface area (Å²) in [5.74, 6) is 3.09. The molecule has 0 spiro atoms. The van der Waals surface area contributed by atoms with E-state index < -0.39 is 0 Å². The van der Waals surface area contributed by atoms with E-state index in [1.54, 1.807) is 0 Å². The normalized spacial score (nSPS) is 54.6. The van der Waals surface area contributed by atoms with Gasteiger partial charge in [-0.3, -0.25) is 9.59 Å². The number of ketones is 2. The van der Waals surface area contributed by atoms with Crippen molar-refractivity contribution in [3.63, 3.8) is 0 Å². The summed E-state index contributed by atoms with van der Waals surface area (Å²) >= 11 is 0. The maximum Gasteiger partial charge on any atom is 0.159 e. The van der Waals surface area contributed by atoms with Gasteiger partial charge in [0.15, 0.2) is 5.78 Å². The molecular weight excluding hydrogens is 392 g/mol. The number of carbonyl (C=O) groups is 2. The molecule has 5 aliphatic carbocycles. The minimum Gasteiger partial charge on any atom is -0.299 e. The summed E-state index contributed by atoms with van der Waals surface area (Å²) in [4.78, 5) is 27.1. The highest BCUT2D eigenvalue weighted by Gasteiger charge is 2.70. The lowest BCUT2D eigenvalue weighted by Gasteiger charge is -2.70. The molecular formula is C30H46O2. The van der Waals surface area contributed by atoms with Crippen molar-refractivity contribution in [2.45, 2.75) is 107 Å². The molecule has 0 bridgehead atoms. The van der Waals surface area contributed by atoms with Gasteiger partial charge in [-0.25, -0.2) is 0 Å². The Morgan fingerprint density at radius 1 is 0.844 bits per heavy atom. The summed E-state index contributed by atoms with van der Waals surface area (Å²) in [6.45, 7) is 19.1. The van der Waals surface area contributed by atoms with E-state index in [-0.39, 0.29) is 27.6 Å². The molecule has 0 saturated heterocycles. The fourth-order valence-corrected chi connectivity index (χ4v) is 10.5. The number of Topliss-reactive ketones (excluding diaryl/α,β-unsaturated/α-hetero) is 1. The van der Waals surface area contributed by atoms with Crippen molar-refractivity contribution in [2.24, 2.45) is 56.7 Å². The monoisotopic (exact) mass is 438 g/mol. The second-order valence-corrected chi connectivity index (χ2v) is 14.4. The molecule has 178 valence electrons. The van der Waals surface area contributed by atoms with Gasteiger partial charge >= 0.3 is 0 Å². The first kappa shape index (κ1) is 22.9. The molecule has 9 atom stereocenters. The van der Waals surface area contributed by atoms with Crippen molar-refractivity contribution in [3.05, 3.63) is 11.6 Å². The fourth-order valence-electron chi connectivity index (χ4n) is 10.5. The second kappa shape index (κ2) is 6.60. The molecule has 0 radical (unpaired) electrons. The Morgan fingerprint density at radius 3 is 2.22 bits per heavy atom. The van der Waals surface area contributed by atoms with Crippen LogP contribution in [0, 0.1) is 56.7 Å². The molecule has 0 aromatic heterocycles. The predicted octanol–water partition coefficient (Wildman–Crippen LogP) is 7.41. The molecule has 0 aromatic carbocycles. The van der Waals surface area contributed by atoms with Crippen LogP contribution in [0.5, 0.6) is 0 Å². The SMILES string of the molecule is C[C@H]1[C@H](C)CC[C@]2(C)CC[C@]3(C)C(=CC(=O)[C@@H]4[C@@]5(C)CCC(=O)C(C)(C)[C@@H]5CC[C@]43C)[C@H]12. The van der Waals surface area contributed by atoms with Crippen LogP contribution in [0.3, 0.4) is 0 Å². The lowest BCUT2D eigenvalue weighted by molar-refractivity contribution is -0.188. The zero-order valence-electron chi connectivity index (χ0n) is 21.9. The smallest absolute Gasteiger partial charge is 0.159 e. The van der Waals surface area contributed by atoms with Crippen LogP contribution < -0.4 is 0 Å². The van der Waals surface area contributed by atoms with E-state index in [2.05, 4.69) is 61.5 Å². The summed E-state index contributed by atoms with van der Waals surface area (Å²) in [5.41, 5.74) is 1.58. The summed E-state index contributed by atoms with van der Waals surface area (Å²) in [6, 6.07) is 0. The molecule has 4 saturated carbocycles. The van der Waals surface area contributed by atoms with Gasteiger partial charge in [0.2, 0.25) is 0 Å². The molecule has 0 heterocycles. The lowest BCUT2D eigenvalue weighted by atomic mass is 9.33. The predicted molar refractivity (Wildman–Crippen MR) is 130 cm³/mol. The van der Waals surface area contributed by atoms with Crippen molar-refractivity contribution in [1.29, 1.82) is 0 Å². The maximum atomic E-state index is 14.2. The van der Waals surface area contributed by atoms with Gasteiger partial charge in [-0.15, -0.1) is 0 Å². The highest BCUT2D eigenvalue weighted by Crippen LogP contribution is 2.74. The van der Waals surface area contributed by atoms with Gasteiger partial charge in [0.05, 0.1) is 0 Å². The fraction of sp³-hybridized carbons (Fsp3) is 0.867. The van der Waals surface area contributed by atoms with E-state index in [1.807, 2.05) is 0 Å². The van der Waals surface area contributed by atoms with Crippen molar-refractivity contribution >= 4 is 11.6 Å². The van der Waals surface area contributed by atoms with E-state index in [0.29, 0.717) is 41.2 Å². The van der Waals surface area contributed by atoms with E-state index in [4.69, 9.17) is 0 Å². The van der Waals surface area contributed by atoms with Crippen molar-refractivity contribution in [3.8, 4) is 0 Å². The van der Waals surface area contributed by atoms with Gasteiger partial charge in [0, 0.05) is 17.8 Å². The number of hydrogen-bond acceptors (Lipinski definition) is 2. The molecule has 2 heteroatoms. The molecule has 0 amide bonds. The van der Waals surface area contributed by atoms with Crippen LogP contribution >= 0.6 is 0 Å². The first-order valence-corrected chi connectivity index (χ1v) is 13.5. The molecule has 0 aromatic rings. The van der Waals surface area contributed by atoms with Crippen LogP contribution in [0.1, 0.15) is 107 Å². The Hall–Kier alpha value is -0.920. The standard InChI is InChI=1S/C30H46O2/c1-18-9-12-27(5)15-16-29(7)20(24(27)19(18)2)17-21(31)25-28(6)13-11-23(32)26(3,4)22(28)10-14-30(25,29)8/h17-19,22,24-25H,9-16H2,1-8H3/t18-,19+,22+,24+,25-,27-,28+,29-,30-/m1/s1. The molecule has 5 rings (SSSR count). The average molecular weight is 439 g/mol. The lowest BCUT2D eigenvalue weighted by Crippen LogP contribution is -2.66. The number of carbonyl (C=O) groups excluding carboxylic acids is 2. The van der Waals surface area contributed by atoms with Crippen molar-refractivity contribution in [1.82, 2.24) is 0 Å². The summed E-state index contributed by atoms with van der Waals surface area (Å²) in [5, 5.41) is 0. The van der Waals surface area contributed by atoms with Gasteiger partial charge in [-0.05, 0) is 96.4 Å². The summed E-state index contributed by atoms with van der Waals surface area (Å²) in [7, 11) is 0. The first-order valence-electron chi connectivity index (χ1n) is 13.5. The Balaban J connectivity index is 1.65. The van der Waals surface area contributed by atoms with Crippen LogP contribution in [0.15, 0.2) is 11.6 Å². The van der Waals surface area contributed by atoms with Crippen LogP contribution in [-0.2, 0) is 9.59 Å². The molecule has 0 N–H and O–H groups in total. The maximum absolute atomic E-state index is 14.2. The Labute approximate surface area is 196 Å². The molecule has 4 fully saturated rings. The highest BCUT2D eigenvalue weighted by molar-refractivity contribution is 5.96. The molecule has 5 aliphatic rings. The van der Waals surface area contributed by atoms with E-state index >= 15 is 0 Å². The minimum absolute atomic E-state index is 0.00236. The molecule has 0 aliphatic heterocycles. The second-order valence-electron chi connectivity index (χ2n) is 14.4. The number of fused-ring (bicyclic) bond motifs is 7. The van der Waals surface area contributed by atoms with Gasteiger partial charge in [0.25, 0.3) is 0 Å². The van der Waals surface area contributed by atoms with E-state index in [1.165, 1.54) is 31.3 Å². The third kappa shape index (κ3) is 2.54. The Kier molecular flexibility index (Phi) is 4.71. The summed E-state index contributed by atoms with van der Waals surface area (Å²) in [6.07, 6.45) is 11.0. The van der Waals surface area contributed by atoms with Gasteiger partial charge < -0.3 is 0 Å². The highest BCUT2D eigenvalue weighted by atomic mass is 16.1. The molecule has 2 nitrogen and oxygen atoms in total. The number of rotatable bonds is 0. The minimum atomic E-state index is -0.308. The Morgan fingerprint density at radius 2 is 1.53 bits per heavy atom. The quantitative estimate of drug-likeness (QED) is 0.394. The number of hydrogen-bond donors (Lipinski definition) is 0. The van der Waals surface area contributed by atoms with Crippen LogP contribution in [-0.4, -0.2) is 11.6 Å². The topological polar surface area (TPSA) is 34.1 Å². The number of allylic oxidation sites excluding steroid dienone is 2. The van der Waals surface area contributed by atoms with Gasteiger partial charge in [0.1, 0.15) is 5.78 Å². The van der Waals surface area contributed by atoms with Crippen LogP contribution in [0.4, 0.5) is 0 Å². The third-order valence-electron chi connectivity index (χ3n) is 12.9. The van der Waals surface area contributed by atoms with E-state index in [9.17, 15) is 9.59 Å². The van der Waals surface area contributed by atoms with Crippen LogP contribution in [0.25, 0.3) is 0 Å². The zero-order chi connectivity index (χ0) is 23.5. The molecule has 32 heavy (non-hydrogen) atoms.